The number of hydrogen-bond acceptors (Lipinski definition) is 2. The lowest BCUT2D eigenvalue weighted by Crippen LogP contribution is -1.87. The van der Waals surface area contributed by atoms with Crippen molar-refractivity contribution in [2.45, 2.75) is 0 Å². The summed E-state index contributed by atoms with van der Waals surface area (Å²) in [7, 11) is 0. The van der Waals surface area contributed by atoms with Gasteiger partial charge in [0.1, 0.15) is 0 Å². The summed E-state index contributed by atoms with van der Waals surface area (Å²) in [5, 5.41) is 18.2. The number of hydrogen-bond donors (Lipinski definition) is 0. The van der Waals surface area contributed by atoms with E-state index in [2.05, 4.69) is 303 Å². The van der Waals surface area contributed by atoms with E-state index in [1.807, 2.05) is 22.7 Å². The Hall–Kier alpha value is -9.96. The van der Waals surface area contributed by atoms with Crippen molar-refractivity contribution in [3.8, 4) is 66.8 Å². The van der Waals surface area contributed by atoms with Crippen molar-refractivity contribution in [2.24, 2.45) is 0 Å². The Balaban J connectivity index is 0.000000136. The molecular weight excluding hydrogens is 1030 g/mol. The highest BCUT2D eigenvalue weighted by Gasteiger charge is 2.16. The Morgan fingerprint density at radius 1 is 0.159 bits per heavy atom. The topological polar surface area (TPSA) is 0 Å². The van der Waals surface area contributed by atoms with Crippen molar-refractivity contribution in [2.75, 3.05) is 0 Å². The van der Waals surface area contributed by atoms with E-state index in [-0.39, 0.29) is 0 Å². The highest BCUT2D eigenvalue weighted by molar-refractivity contribution is 7.26. The van der Waals surface area contributed by atoms with Gasteiger partial charge in [0.05, 0.1) is 0 Å². The van der Waals surface area contributed by atoms with Gasteiger partial charge in [-0.2, -0.15) is 0 Å². The second-order valence-corrected chi connectivity index (χ2v) is 23.5. The average Bonchev–Trinajstić information content (AvgIpc) is 3.98. The molecule has 15 aromatic carbocycles. The van der Waals surface area contributed by atoms with Crippen molar-refractivity contribution >= 4 is 117 Å². The smallest absolute Gasteiger partial charge is 0.0433 e. The Labute approximate surface area is 483 Å². The molecule has 382 valence electrons. The molecule has 0 radical (unpaired) electrons. The maximum atomic E-state index is 2.37. The van der Waals surface area contributed by atoms with E-state index < -0.39 is 0 Å². The Morgan fingerprint density at radius 3 is 1.06 bits per heavy atom. The van der Waals surface area contributed by atoms with Gasteiger partial charge in [-0.05, 0) is 157 Å². The van der Waals surface area contributed by atoms with Crippen LogP contribution >= 0.6 is 22.7 Å². The number of fused-ring (bicyclic) bond motifs is 13. The summed E-state index contributed by atoms with van der Waals surface area (Å²) >= 11 is 3.77. The molecule has 2 aromatic heterocycles. The summed E-state index contributed by atoms with van der Waals surface area (Å²) in [5.41, 5.74) is 15.2. The normalized spacial score (nSPS) is 11.7. The zero-order valence-electron chi connectivity index (χ0n) is 44.7. The highest BCUT2D eigenvalue weighted by Crippen LogP contribution is 2.44. The van der Waals surface area contributed by atoms with Gasteiger partial charge in [-0.3, -0.25) is 0 Å². The third-order valence-corrected chi connectivity index (χ3v) is 19.2. The summed E-state index contributed by atoms with van der Waals surface area (Å²) in [5.74, 6) is 0. The standard InChI is InChI=1S/C42H26S.C38H24S/c1-2-11-32-27(9-1)10-7-15-33(32)30-23-24-31-26-39(35-12-3-4-13-36(35)40(31)25-30)29-21-19-28(20-22-29)34-16-8-17-38-37-14-5-6-18-41(37)43-42(34)38;1-2-9-25(10-3-1)28-21-22-29-24-35(31-11-4-5-12-32(31)36(29)23-28)27-19-17-26(18-20-27)30-14-8-15-34-33-13-6-7-16-37(33)39-38(30)34/h1-26H;1-24H. The van der Waals surface area contributed by atoms with Crippen molar-refractivity contribution in [1.29, 1.82) is 0 Å². The number of benzene rings is 15. The SMILES string of the molecule is c1ccc(-c2ccc3cc(-c4ccc(-c5cccc6c5sc5ccccc56)cc4)c4ccccc4c3c2)cc1.c1ccc2c(-c3ccc4cc(-c5ccc(-c6cccc7c6sc6ccccc67)cc5)c5ccccc5c4c3)cccc2c1. The third kappa shape index (κ3) is 8.26. The molecule has 0 atom stereocenters. The number of thiophene rings is 2. The molecule has 0 aliphatic rings. The molecule has 17 aromatic rings. The van der Waals surface area contributed by atoms with Gasteiger partial charge in [0, 0.05) is 40.3 Å². The first-order valence-corrected chi connectivity index (χ1v) is 29.8. The largest absolute Gasteiger partial charge is 0.135 e. The van der Waals surface area contributed by atoms with E-state index in [9.17, 15) is 0 Å². The van der Waals surface area contributed by atoms with Crippen molar-refractivity contribution < 1.29 is 0 Å². The maximum absolute atomic E-state index is 2.37. The van der Waals surface area contributed by atoms with Crippen LogP contribution in [-0.2, 0) is 0 Å². The Morgan fingerprint density at radius 2 is 0.524 bits per heavy atom. The number of rotatable bonds is 6. The minimum Gasteiger partial charge on any atom is -0.135 e. The average molecular weight is 1080 g/mol. The van der Waals surface area contributed by atoms with Crippen LogP contribution in [0.5, 0.6) is 0 Å². The molecular formula is C80H50S2. The minimum atomic E-state index is 1.24. The van der Waals surface area contributed by atoms with Gasteiger partial charge in [0.25, 0.3) is 0 Å². The second-order valence-electron chi connectivity index (χ2n) is 21.4. The summed E-state index contributed by atoms with van der Waals surface area (Å²) in [6.45, 7) is 0. The molecule has 0 fully saturated rings. The molecule has 0 aliphatic carbocycles. The van der Waals surface area contributed by atoms with Crippen molar-refractivity contribution in [1.82, 2.24) is 0 Å². The molecule has 0 amide bonds. The first-order valence-electron chi connectivity index (χ1n) is 28.1. The first kappa shape index (κ1) is 48.0. The molecule has 0 bridgehead atoms. The van der Waals surface area contributed by atoms with E-state index in [1.165, 1.54) is 161 Å². The van der Waals surface area contributed by atoms with Crippen LogP contribution in [-0.4, -0.2) is 0 Å². The van der Waals surface area contributed by atoms with Gasteiger partial charge < -0.3 is 0 Å². The van der Waals surface area contributed by atoms with E-state index in [0.29, 0.717) is 0 Å². The molecule has 0 N–H and O–H groups in total. The van der Waals surface area contributed by atoms with Crippen LogP contribution in [0.1, 0.15) is 0 Å². The fraction of sp³-hybridized carbons (Fsp3) is 0. The Bertz CT molecular complexity index is 5310. The monoisotopic (exact) mass is 1070 g/mol. The fourth-order valence-corrected chi connectivity index (χ4v) is 15.2. The van der Waals surface area contributed by atoms with Crippen LogP contribution in [0, 0.1) is 0 Å². The zero-order chi connectivity index (χ0) is 54.1. The van der Waals surface area contributed by atoms with E-state index in [0.717, 1.165) is 0 Å². The summed E-state index contributed by atoms with van der Waals surface area (Å²) < 4.78 is 5.40. The summed E-state index contributed by atoms with van der Waals surface area (Å²) in [6, 6.07) is 111. The lowest BCUT2D eigenvalue weighted by atomic mass is 9.90. The maximum Gasteiger partial charge on any atom is 0.0433 e. The van der Waals surface area contributed by atoms with E-state index in [4.69, 9.17) is 0 Å². The third-order valence-electron chi connectivity index (χ3n) is 16.8. The van der Waals surface area contributed by atoms with Crippen LogP contribution in [0.25, 0.3) is 161 Å². The Kier molecular flexibility index (Phi) is 11.7. The lowest BCUT2D eigenvalue weighted by Gasteiger charge is -2.14. The van der Waals surface area contributed by atoms with Crippen LogP contribution < -0.4 is 0 Å². The molecule has 0 unspecified atom stereocenters. The minimum absolute atomic E-state index is 1.24. The summed E-state index contributed by atoms with van der Waals surface area (Å²) in [6.07, 6.45) is 0. The van der Waals surface area contributed by atoms with Gasteiger partial charge in [-0.25, -0.2) is 0 Å². The van der Waals surface area contributed by atoms with Gasteiger partial charge in [-0.1, -0.05) is 267 Å². The van der Waals surface area contributed by atoms with Gasteiger partial charge in [0.15, 0.2) is 0 Å². The van der Waals surface area contributed by atoms with Crippen LogP contribution in [0.2, 0.25) is 0 Å². The molecule has 2 heterocycles. The quantitative estimate of drug-likeness (QED) is 0.146. The molecule has 0 nitrogen and oxygen atoms in total. The fourth-order valence-electron chi connectivity index (χ4n) is 12.7. The predicted molar refractivity (Wildman–Crippen MR) is 359 cm³/mol. The van der Waals surface area contributed by atoms with Crippen LogP contribution in [0.15, 0.2) is 303 Å². The molecule has 2 heteroatoms. The van der Waals surface area contributed by atoms with Gasteiger partial charge in [0.2, 0.25) is 0 Å². The van der Waals surface area contributed by atoms with E-state index in [1.54, 1.807) is 0 Å². The molecule has 17 rings (SSSR count). The summed E-state index contributed by atoms with van der Waals surface area (Å²) in [4.78, 5) is 0. The predicted octanol–water partition coefficient (Wildman–Crippen LogP) is 23.9. The van der Waals surface area contributed by atoms with Crippen LogP contribution in [0.3, 0.4) is 0 Å². The van der Waals surface area contributed by atoms with Crippen molar-refractivity contribution in [3.05, 3.63) is 303 Å². The molecule has 82 heavy (non-hydrogen) atoms. The second kappa shape index (κ2) is 20.0. The molecule has 0 spiro atoms. The molecule has 0 aliphatic heterocycles. The zero-order valence-corrected chi connectivity index (χ0v) is 46.3. The highest BCUT2D eigenvalue weighted by atomic mass is 32.1. The molecule has 0 saturated carbocycles. The molecule has 0 saturated heterocycles. The van der Waals surface area contributed by atoms with Crippen LogP contribution in [0.4, 0.5) is 0 Å². The van der Waals surface area contributed by atoms with Gasteiger partial charge in [-0.15, -0.1) is 22.7 Å². The van der Waals surface area contributed by atoms with Gasteiger partial charge >= 0.3 is 0 Å². The van der Waals surface area contributed by atoms with Crippen molar-refractivity contribution in [3.63, 3.8) is 0 Å². The first-order chi connectivity index (χ1) is 40.6. The lowest BCUT2D eigenvalue weighted by molar-refractivity contribution is 1.63. The van der Waals surface area contributed by atoms with E-state index >= 15 is 0 Å².